The van der Waals surface area contributed by atoms with Crippen molar-refractivity contribution in [3.8, 4) is 0 Å². The molecular weight excluding hydrogens is 319 g/mol. The molecular formula is C20H19PTi. The molecule has 0 aliphatic rings. The fourth-order valence-electron chi connectivity index (χ4n) is 2.46. The van der Waals surface area contributed by atoms with Crippen LogP contribution < -0.4 is 5.30 Å². The number of rotatable bonds is 1. The van der Waals surface area contributed by atoms with E-state index in [1.165, 1.54) is 26.8 Å². The van der Waals surface area contributed by atoms with Crippen LogP contribution in [0.25, 0.3) is 21.5 Å². The fourth-order valence-corrected chi connectivity index (χ4v) is 3.26. The van der Waals surface area contributed by atoms with Crippen LogP contribution in [-0.2, 0) is 21.7 Å². The van der Waals surface area contributed by atoms with Crippen LogP contribution in [0.3, 0.4) is 0 Å². The van der Waals surface area contributed by atoms with Gasteiger partial charge in [-0.15, -0.1) is 77.9 Å². The van der Waals surface area contributed by atoms with E-state index in [0.717, 1.165) is 0 Å². The Hall–Kier alpha value is -1.20. The predicted molar refractivity (Wildman–Crippen MR) is 97.5 cm³/mol. The molecule has 0 aliphatic carbocycles. The molecule has 0 heterocycles. The molecule has 0 saturated heterocycles. The fraction of sp³-hybridized carbons (Fsp3) is 0.100. The van der Waals surface area contributed by atoms with Crippen LogP contribution in [0.5, 0.6) is 0 Å². The van der Waals surface area contributed by atoms with E-state index < -0.39 is 0 Å². The van der Waals surface area contributed by atoms with Crippen molar-refractivity contribution in [1.82, 2.24) is 0 Å². The zero-order valence-electron chi connectivity index (χ0n) is 13.0. The standard InChI is InChI=1S/C11H12P.C9H7.Ti/c1-12(2)11-7-9-5-3-4-6-10(9)8-11;1-2-5-9-7-3-6-8(9)4-1;/h3-8H,1-2H3;1-7H;/q2*-1;+2. The third kappa shape index (κ3) is 3.96. The molecule has 0 fully saturated rings. The largest absolute Gasteiger partial charge is 2.00 e. The molecule has 0 spiro atoms. The first-order valence-electron chi connectivity index (χ1n) is 7.17. The minimum atomic E-state index is 0. The number of hydrogen-bond donors (Lipinski definition) is 0. The molecule has 0 nitrogen and oxygen atoms in total. The molecule has 0 saturated carbocycles. The van der Waals surface area contributed by atoms with E-state index in [2.05, 4.69) is 92.2 Å². The van der Waals surface area contributed by atoms with E-state index in [4.69, 9.17) is 0 Å². The van der Waals surface area contributed by atoms with Gasteiger partial charge < -0.3 is 0 Å². The smallest absolute Gasteiger partial charge is 0.168 e. The van der Waals surface area contributed by atoms with Gasteiger partial charge in [-0.2, -0.15) is 23.6 Å². The quantitative estimate of drug-likeness (QED) is 0.245. The van der Waals surface area contributed by atoms with Crippen molar-refractivity contribution in [1.29, 1.82) is 0 Å². The molecule has 0 unspecified atom stereocenters. The van der Waals surface area contributed by atoms with Crippen LogP contribution >= 0.6 is 7.92 Å². The molecule has 0 aliphatic heterocycles. The summed E-state index contributed by atoms with van der Waals surface area (Å²) >= 11 is 0. The Balaban J connectivity index is 0.000000159. The maximum atomic E-state index is 2.31. The Bertz CT molecular complexity index is 776. The van der Waals surface area contributed by atoms with Crippen LogP contribution in [0, 0.1) is 0 Å². The van der Waals surface area contributed by atoms with Crippen molar-refractivity contribution in [2.75, 3.05) is 13.3 Å². The summed E-state index contributed by atoms with van der Waals surface area (Å²) in [5.74, 6) is 0. The monoisotopic (exact) mass is 338 g/mol. The van der Waals surface area contributed by atoms with E-state index in [1.54, 1.807) is 0 Å². The average Bonchev–Trinajstić information content (AvgIpc) is 3.14. The molecule has 0 bridgehead atoms. The molecule has 0 radical (unpaired) electrons. The van der Waals surface area contributed by atoms with Crippen molar-refractivity contribution < 1.29 is 21.7 Å². The van der Waals surface area contributed by atoms with Crippen LogP contribution in [-0.4, -0.2) is 13.3 Å². The maximum Gasteiger partial charge on any atom is 2.00 e. The van der Waals surface area contributed by atoms with Crippen molar-refractivity contribution in [2.45, 2.75) is 0 Å². The predicted octanol–water partition coefficient (Wildman–Crippen LogP) is 5.48. The Morgan fingerprint density at radius 2 is 1.41 bits per heavy atom. The van der Waals surface area contributed by atoms with Gasteiger partial charge in [0.05, 0.1) is 0 Å². The minimum Gasteiger partial charge on any atom is -0.168 e. The minimum absolute atomic E-state index is 0. The summed E-state index contributed by atoms with van der Waals surface area (Å²) < 4.78 is 0. The van der Waals surface area contributed by atoms with Crippen LogP contribution in [0.4, 0.5) is 0 Å². The van der Waals surface area contributed by atoms with Gasteiger partial charge in [0.1, 0.15) is 0 Å². The van der Waals surface area contributed by atoms with Gasteiger partial charge in [0.2, 0.25) is 0 Å². The van der Waals surface area contributed by atoms with Gasteiger partial charge in [-0.3, -0.25) is 0 Å². The van der Waals surface area contributed by atoms with Gasteiger partial charge in [0.25, 0.3) is 0 Å². The first-order chi connectivity index (χ1) is 10.2. The summed E-state index contributed by atoms with van der Waals surface area (Å²) in [4.78, 5) is 0. The first-order valence-corrected chi connectivity index (χ1v) is 9.41. The molecule has 2 heteroatoms. The third-order valence-electron chi connectivity index (χ3n) is 3.67. The normalized spacial score (nSPS) is 10.3. The van der Waals surface area contributed by atoms with Gasteiger partial charge >= 0.3 is 21.7 Å². The average molecular weight is 338 g/mol. The molecule has 108 valence electrons. The summed E-state index contributed by atoms with van der Waals surface area (Å²) in [6.07, 6.45) is 0. The summed E-state index contributed by atoms with van der Waals surface area (Å²) in [6, 6.07) is 27.8. The van der Waals surface area contributed by atoms with Gasteiger partial charge in [0, 0.05) is 0 Å². The van der Waals surface area contributed by atoms with Crippen molar-refractivity contribution in [2.24, 2.45) is 0 Å². The number of hydrogen-bond acceptors (Lipinski definition) is 0. The van der Waals surface area contributed by atoms with E-state index in [1.807, 2.05) is 0 Å². The Kier molecular flexibility index (Phi) is 6.15. The molecule has 0 N–H and O–H groups in total. The summed E-state index contributed by atoms with van der Waals surface area (Å²) in [7, 11) is 0.0576. The van der Waals surface area contributed by atoms with Crippen LogP contribution in [0.15, 0.2) is 78.9 Å². The van der Waals surface area contributed by atoms with E-state index in [0.29, 0.717) is 0 Å². The summed E-state index contributed by atoms with van der Waals surface area (Å²) in [6.45, 7) is 4.59. The van der Waals surface area contributed by atoms with E-state index in [9.17, 15) is 0 Å². The topological polar surface area (TPSA) is 0 Å². The van der Waals surface area contributed by atoms with Crippen LogP contribution in [0.1, 0.15) is 0 Å². The van der Waals surface area contributed by atoms with Crippen molar-refractivity contribution in [3.63, 3.8) is 0 Å². The molecule has 0 aromatic heterocycles. The second-order valence-corrected chi connectivity index (χ2v) is 7.70. The van der Waals surface area contributed by atoms with E-state index >= 15 is 0 Å². The zero-order valence-corrected chi connectivity index (χ0v) is 15.4. The molecule has 22 heavy (non-hydrogen) atoms. The van der Waals surface area contributed by atoms with Crippen molar-refractivity contribution in [3.05, 3.63) is 78.9 Å². The first kappa shape index (κ1) is 17.2. The van der Waals surface area contributed by atoms with Gasteiger partial charge in [0.15, 0.2) is 0 Å². The SMILES string of the molecule is CP(C)c1cc2ccccc2[cH-]1.[Ti+2].c1ccc2[cH-]ccc2c1. The number of fused-ring (bicyclic) bond motifs is 2. The van der Waals surface area contributed by atoms with Gasteiger partial charge in [-0.05, 0) is 13.3 Å². The molecule has 4 rings (SSSR count). The van der Waals surface area contributed by atoms with Crippen molar-refractivity contribution >= 4 is 34.8 Å². The maximum absolute atomic E-state index is 2.31. The second kappa shape index (κ2) is 7.88. The zero-order chi connectivity index (χ0) is 14.7. The molecule has 0 amide bonds. The Morgan fingerprint density at radius 3 is 2.05 bits per heavy atom. The molecule has 4 aromatic rings. The van der Waals surface area contributed by atoms with Crippen LogP contribution in [0.2, 0.25) is 0 Å². The number of benzene rings is 2. The van der Waals surface area contributed by atoms with Gasteiger partial charge in [-0.1, -0.05) is 12.1 Å². The Labute approximate surface area is 148 Å². The van der Waals surface area contributed by atoms with Gasteiger partial charge in [-0.25, -0.2) is 0 Å². The summed E-state index contributed by atoms with van der Waals surface area (Å²) in [5.41, 5.74) is 0. The third-order valence-corrected chi connectivity index (χ3v) is 4.96. The molecule has 0 atom stereocenters. The second-order valence-electron chi connectivity index (χ2n) is 5.39. The van der Waals surface area contributed by atoms with E-state index in [-0.39, 0.29) is 29.6 Å². The molecule has 4 aromatic carbocycles. The summed E-state index contributed by atoms with van der Waals surface area (Å²) in [5, 5.41) is 6.92. The Morgan fingerprint density at radius 1 is 0.773 bits per heavy atom.